The predicted molar refractivity (Wildman–Crippen MR) is 111 cm³/mol. The minimum Gasteiger partial charge on any atom is -0.480 e. The zero-order chi connectivity index (χ0) is 21.3. The number of anilines is 2. The van der Waals surface area contributed by atoms with Crippen LogP contribution in [0.5, 0.6) is 5.88 Å². The van der Waals surface area contributed by atoms with Crippen LogP contribution < -0.4 is 9.64 Å². The van der Waals surface area contributed by atoms with Crippen molar-refractivity contribution in [3.8, 4) is 5.88 Å². The molecule has 30 heavy (non-hydrogen) atoms. The zero-order valence-corrected chi connectivity index (χ0v) is 18.1. The van der Waals surface area contributed by atoms with Gasteiger partial charge in [0.1, 0.15) is 5.69 Å². The van der Waals surface area contributed by atoms with Crippen molar-refractivity contribution >= 4 is 17.6 Å². The number of carbonyl (C=O) groups excluding carboxylic acids is 1. The molecule has 4 rings (SSSR count). The second kappa shape index (κ2) is 8.51. The molecular weight excluding hydrogens is 386 g/mol. The highest BCUT2D eigenvalue weighted by Crippen LogP contribution is 2.38. The average Bonchev–Trinajstić information content (AvgIpc) is 3.17. The Balaban J connectivity index is 1.77. The van der Waals surface area contributed by atoms with Crippen molar-refractivity contribution in [3.63, 3.8) is 0 Å². The summed E-state index contributed by atoms with van der Waals surface area (Å²) in [5.74, 6) is 1.36. The van der Waals surface area contributed by atoms with Gasteiger partial charge in [-0.3, -0.25) is 4.68 Å². The molecule has 0 aliphatic carbocycles. The molecule has 162 valence electrons. The molecule has 0 bridgehead atoms. The summed E-state index contributed by atoms with van der Waals surface area (Å²) in [4.78, 5) is 20.4. The Hall–Kier alpha value is -2.81. The molecule has 2 aliphatic rings. The first-order valence-electron chi connectivity index (χ1n) is 10.3. The maximum Gasteiger partial charge on any atom is 0.409 e. The molecular formula is C21H29N5O4. The van der Waals surface area contributed by atoms with Gasteiger partial charge in [0.05, 0.1) is 26.8 Å². The standard InChI is InChI=1S/C21H29N5O4/c1-14-5-6-18(20(22-14)28-3)24(2)19-16-13-25(21(27)29-4)10-7-17(16)26(23-19)15-8-11-30-12-9-15/h5-6,15H,7-13H2,1-4H3. The molecule has 9 nitrogen and oxygen atoms in total. The number of amides is 1. The molecule has 1 amide bonds. The number of nitrogens with zero attached hydrogens (tertiary/aromatic N) is 5. The highest BCUT2D eigenvalue weighted by atomic mass is 16.5. The maximum absolute atomic E-state index is 12.2. The number of aromatic nitrogens is 3. The number of hydrogen-bond acceptors (Lipinski definition) is 7. The molecule has 0 atom stereocenters. The van der Waals surface area contributed by atoms with E-state index in [-0.39, 0.29) is 6.09 Å². The van der Waals surface area contributed by atoms with Gasteiger partial charge in [-0.2, -0.15) is 5.10 Å². The topological polar surface area (TPSA) is 82.0 Å². The molecule has 0 radical (unpaired) electrons. The van der Waals surface area contributed by atoms with Crippen molar-refractivity contribution in [2.75, 3.05) is 45.9 Å². The third-order valence-electron chi connectivity index (χ3n) is 5.89. The monoisotopic (exact) mass is 415 g/mol. The van der Waals surface area contributed by atoms with Crippen LogP contribution in [0.1, 0.15) is 35.8 Å². The number of carbonyl (C=O) groups is 1. The molecule has 1 fully saturated rings. The van der Waals surface area contributed by atoms with Gasteiger partial charge in [-0.15, -0.1) is 0 Å². The Morgan fingerprint density at radius 2 is 2.03 bits per heavy atom. The molecule has 4 heterocycles. The zero-order valence-electron chi connectivity index (χ0n) is 18.1. The van der Waals surface area contributed by atoms with Crippen molar-refractivity contribution in [1.82, 2.24) is 19.7 Å². The number of methoxy groups -OCH3 is 2. The minimum atomic E-state index is -0.317. The lowest BCUT2D eigenvalue weighted by molar-refractivity contribution is 0.0649. The summed E-state index contributed by atoms with van der Waals surface area (Å²) in [7, 11) is 5.00. The van der Waals surface area contributed by atoms with Crippen LogP contribution in [0.15, 0.2) is 12.1 Å². The van der Waals surface area contributed by atoms with Gasteiger partial charge in [-0.05, 0) is 31.9 Å². The van der Waals surface area contributed by atoms with Gasteiger partial charge in [0, 0.05) is 50.2 Å². The molecule has 0 N–H and O–H groups in total. The van der Waals surface area contributed by atoms with E-state index in [1.54, 1.807) is 12.0 Å². The molecule has 1 saturated heterocycles. The van der Waals surface area contributed by atoms with Crippen molar-refractivity contribution in [3.05, 3.63) is 29.1 Å². The third-order valence-corrected chi connectivity index (χ3v) is 5.89. The summed E-state index contributed by atoms with van der Waals surface area (Å²) in [5.41, 5.74) is 3.94. The van der Waals surface area contributed by atoms with Crippen LogP contribution >= 0.6 is 0 Å². The fourth-order valence-corrected chi connectivity index (χ4v) is 4.26. The van der Waals surface area contributed by atoms with Gasteiger partial charge >= 0.3 is 6.09 Å². The quantitative estimate of drug-likeness (QED) is 0.759. The first kappa shape index (κ1) is 20.5. The Labute approximate surface area is 176 Å². The number of fused-ring (bicyclic) bond motifs is 1. The van der Waals surface area contributed by atoms with Gasteiger partial charge in [0.25, 0.3) is 0 Å². The molecule has 0 spiro atoms. The minimum absolute atomic E-state index is 0.303. The summed E-state index contributed by atoms with van der Waals surface area (Å²) in [6.07, 6.45) is 2.30. The van der Waals surface area contributed by atoms with E-state index in [0.717, 1.165) is 55.2 Å². The Bertz CT molecular complexity index is 922. The number of hydrogen-bond donors (Lipinski definition) is 0. The van der Waals surface area contributed by atoms with Crippen LogP contribution in [-0.4, -0.2) is 66.8 Å². The molecule has 2 aromatic heterocycles. The second-order valence-corrected chi connectivity index (χ2v) is 7.72. The first-order valence-corrected chi connectivity index (χ1v) is 10.3. The lowest BCUT2D eigenvalue weighted by Gasteiger charge is -2.29. The van der Waals surface area contributed by atoms with Crippen LogP contribution in [-0.2, 0) is 22.4 Å². The Kier molecular flexibility index (Phi) is 5.80. The van der Waals surface area contributed by atoms with Crippen LogP contribution in [0.2, 0.25) is 0 Å². The van der Waals surface area contributed by atoms with E-state index in [9.17, 15) is 4.79 Å². The smallest absolute Gasteiger partial charge is 0.409 e. The summed E-state index contributed by atoms with van der Waals surface area (Å²) >= 11 is 0. The van der Waals surface area contributed by atoms with Crippen LogP contribution in [0.4, 0.5) is 16.3 Å². The molecule has 2 aliphatic heterocycles. The average molecular weight is 415 g/mol. The van der Waals surface area contributed by atoms with E-state index in [1.807, 2.05) is 31.0 Å². The van der Waals surface area contributed by atoms with Gasteiger partial charge in [-0.1, -0.05) is 0 Å². The number of ether oxygens (including phenoxy) is 3. The summed E-state index contributed by atoms with van der Waals surface area (Å²) < 4.78 is 18.2. The van der Waals surface area contributed by atoms with Gasteiger partial charge in [0.15, 0.2) is 5.82 Å². The van der Waals surface area contributed by atoms with Crippen molar-refractivity contribution in [2.45, 2.75) is 38.8 Å². The fourth-order valence-electron chi connectivity index (χ4n) is 4.26. The molecule has 0 saturated carbocycles. The van der Waals surface area contributed by atoms with Gasteiger partial charge in [0.2, 0.25) is 5.88 Å². The van der Waals surface area contributed by atoms with E-state index in [4.69, 9.17) is 19.3 Å². The lowest BCUT2D eigenvalue weighted by Crippen LogP contribution is -2.37. The van der Waals surface area contributed by atoms with Crippen molar-refractivity contribution < 1.29 is 19.0 Å². The summed E-state index contributed by atoms with van der Waals surface area (Å²) in [6.45, 7) is 4.50. The predicted octanol–water partition coefficient (Wildman–Crippen LogP) is 2.84. The molecule has 2 aromatic rings. The highest BCUT2D eigenvalue weighted by Gasteiger charge is 2.32. The SMILES string of the molecule is COC(=O)N1CCc2c(c(N(C)c3ccc(C)nc3OC)nn2C2CCOCC2)C1. The van der Waals surface area contributed by atoms with Crippen molar-refractivity contribution in [2.24, 2.45) is 0 Å². The van der Waals surface area contributed by atoms with E-state index in [2.05, 4.69) is 9.67 Å². The van der Waals surface area contributed by atoms with E-state index in [1.165, 1.54) is 12.8 Å². The van der Waals surface area contributed by atoms with E-state index >= 15 is 0 Å². The highest BCUT2D eigenvalue weighted by molar-refractivity contribution is 5.71. The second-order valence-electron chi connectivity index (χ2n) is 7.72. The number of pyridine rings is 1. The fraction of sp³-hybridized carbons (Fsp3) is 0.571. The van der Waals surface area contributed by atoms with Crippen LogP contribution in [0, 0.1) is 6.92 Å². The van der Waals surface area contributed by atoms with Crippen LogP contribution in [0.3, 0.4) is 0 Å². The third kappa shape index (κ3) is 3.69. The number of aryl methyl sites for hydroxylation is 1. The summed E-state index contributed by atoms with van der Waals surface area (Å²) in [6, 6.07) is 4.25. The molecule has 0 unspecified atom stereocenters. The van der Waals surface area contributed by atoms with E-state index in [0.29, 0.717) is 25.0 Å². The largest absolute Gasteiger partial charge is 0.480 e. The lowest BCUT2D eigenvalue weighted by atomic mass is 10.0. The normalized spacial score (nSPS) is 16.9. The molecule has 9 heteroatoms. The maximum atomic E-state index is 12.2. The Morgan fingerprint density at radius 3 is 2.73 bits per heavy atom. The van der Waals surface area contributed by atoms with Gasteiger partial charge < -0.3 is 24.0 Å². The Morgan fingerprint density at radius 1 is 1.27 bits per heavy atom. The van der Waals surface area contributed by atoms with Crippen LogP contribution in [0.25, 0.3) is 0 Å². The van der Waals surface area contributed by atoms with Crippen molar-refractivity contribution in [1.29, 1.82) is 0 Å². The number of rotatable bonds is 4. The van der Waals surface area contributed by atoms with E-state index < -0.39 is 0 Å². The summed E-state index contributed by atoms with van der Waals surface area (Å²) in [5, 5.41) is 5.03. The first-order chi connectivity index (χ1) is 14.5. The van der Waals surface area contributed by atoms with Gasteiger partial charge in [-0.25, -0.2) is 9.78 Å². The molecule has 0 aromatic carbocycles.